The van der Waals surface area contributed by atoms with Crippen LogP contribution in [0.5, 0.6) is 5.88 Å². The molecule has 1 amide bonds. The van der Waals surface area contributed by atoms with E-state index in [0.717, 1.165) is 49.9 Å². The van der Waals surface area contributed by atoms with Gasteiger partial charge in [-0.05, 0) is 88.9 Å². The van der Waals surface area contributed by atoms with Crippen LogP contribution in [0.15, 0.2) is 71.9 Å². The summed E-state index contributed by atoms with van der Waals surface area (Å²) in [6, 6.07) is 18.6. The number of aryl methyl sites for hydroxylation is 2. The van der Waals surface area contributed by atoms with Crippen molar-refractivity contribution in [3.05, 3.63) is 111 Å². The van der Waals surface area contributed by atoms with Crippen molar-refractivity contribution in [3.63, 3.8) is 0 Å². The van der Waals surface area contributed by atoms with Gasteiger partial charge in [0.05, 0.1) is 24.8 Å². The molecule has 1 aliphatic heterocycles. The summed E-state index contributed by atoms with van der Waals surface area (Å²) >= 11 is 7.92. The maximum absolute atomic E-state index is 13.7. The van der Waals surface area contributed by atoms with Crippen LogP contribution in [0.25, 0.3) is 16.1 Å². The van der Waals surface area contributed by atoms with Crippen molar-refractivity contribution >= 4 is 40.5 Å². The molecule has 0 bridgehead atoms. The number of nitrogens with zero attached hydrogens (tertiary/aromatic N) is 5. The smallest absolute Gasteiger partial charge is 0.332 e. The van der Waals surface area contributed by atoms with Gasteiger partial charge in [0.15, 0.2) is 5.82 Å². The number of halogens is 1. The fourth-order valence-electron chi connectivity index (χ4n) is 6.06. The third-order valence-corrected chi connectivity index (χ3v) is 10.2. The molecule has 0 fully saturated rings. The van der Waals surface area contributed by atoms with Crippen molar-refractivity contribution in [3.8, 4) is 22.0 Å². The minimum Gasteiger partial charge on any atom is -0.475 e. The number of carbonyl (C=O) groups excluding carboxylic acids is 2. The van der Waals surface area contributed by atoms with Crippen LogP contribution in [-0.2, 0) is 19.1 Å². The molecule has 276 valence electrons. The van der Waals surface area contributed by atoms with Crippen molar-refractivity contribution in [2.75, 3.05) is 19.8 Å². The number of rotatable bonds is 12. The number of hydrogen-bond donors (Lipinski definition) is 1. The van der Waals surface area contributed by atoms with E-state index in [1.54, 1.807) is 17.5 Å². The Morgan fingerprint density at radius 3 is 2.40 bits per heavy atom. The molecule has 2 aromatic carbocycles. The lowest BCUT2D eigenvalue weighted by molar-refractivity contribution is -0.160. The van der Waals surface area contributed by atoms with Crippen molar-refractivity contribution in [1.29, 1.82) is 0 Å². The number of benzene rings is 2. The van der Waals surface area contributed by atoms with E-state index in [9.17, 15) is 9.59 Å². The molecule has 5 aromatic rings. The van der Waals surface area contributed by atoms with Gasteiger partial charge in [-0.1, -0.05) is 48.0 Å². The zero-order chi connectivity index (χ0) is 37.9. The molecule has 0 saturated heterocycles. The Morgan fingerprint density at radius 2 is 1.68 bits per heavy atom. The lowest BCUT2D eigenvalue weighted by Crippen LogP contribution is -2.28. The molecule has 0 radical (unpaired) electrons. The number of esters is 1. The van der Waals surface area contributed by atoms with E-state index in [1.165, 1.54) is 4.88 Å². The number of hydrogen-bond acceptors (Lipinski definition) is 10. The normalized spacial score (nSPS) is 14.4. The number of aliphatic imine (C=N–C) groups is 1. The first-order chi connectivity index (χ1) is 25.3. The van der Waals surface area contributed by atoms with Crippen molar-refractivity contribution in [2.45, 2.75) is 72.6 Å². The molecule has 11 nitrogen and oxygen atoms in total. The summed E-state index contributed by atoms with van der Waals surface area (Å²) in [4.78, 5) is 36.2. The van der Waals surface area contributed by atoms with E-state index in [-0.39, 0.29) is 38.2 Å². The van der Waals surface area contributed by atoms with Gasteiger partial charge in [-0.25, -0.2) is 9.78 Å². The maximum atomic E-state index is 13.7. The lowest BCUT2D eigenvalue weighted by Gasteiger charge is -2.19. The zero-order valence-electron chi connectivity index (χ0n) is 30.9. The van der Waals surface area contributed by atoms with Crippen LogP contribution in [-0.4, -0.2) is 62.8 Å². The van der Waals surface area contributed by atoms with E-state index in [1.807, 2.05) is 99.8 Å². The molecule has 6 rings (SSSR count). The van der Waals surface area contributed by atoms with Crippen LogP contribution in [0.1, 0.15) is 85.0 Å². The molecular weight excluding hydrogens is 712 g/mol. The maximum Gasteiger partial charge on any atom is 0.332 e. The Bertz CT molecular complexity index is 2140. The molecule has 1 N–H and O–H groups in total. The number of nitrogens with one attached hydrogen (secondary N) is 1. The number of carbonyl (C=O) groups is 2. The zero-order valence-corrected chi connectivity index (χ0v) is 32.5. The highest BCUT2D eigenvalue weighted by Crippen LogP contribution is 2.39. The minimum absolute atomic E-state index is 0.0937. The van der Waals surface area contributed by atoms with Crippen LogP contribution in [0.4, 0.5) is 0 Å². The first-order valence-corrected chi connectivity index (χ1v) is 18.6. The Balaban J connectivity index is 1.11. The average Bonchev–Trinajstić information content (AvgIpc) is 3.59. The van der Waals surface area contributed by atoms with Gasteiger partial charge in [0.2, 0.25) is 11.8 Å². The fraction of sp³-hybridized carbons (Fsp3) is 0.350. The van der Waals surface area contributed by atoms with Crippen LogP contribution in [0.3, 0.4) is 0 Å². The summed E-state index contributed by atoms with van der Waals surface area (Å²) in [6.45, 7) is 13.8. The molecule has 2 atom stereocenters. The standard InChI is InChI=1S/C40H43ClN6O5S/c1-23-25(3)53-39-36(23)37(29-12-14-31(41)15-13-29)44-32(38-46-45-26(4)47(38)39)21-33(48)43-24(2)27-8-10-28(11-9-27)30-16-17-42-34(20-30)51-19-18-50-22-35(49)52-40(5,6)7/h8-17,20,24,32H,18-19,21-22H2,1-7H3,(H,43,48)/t24-,32+/m1/s1. The third kappa shape index (κ3) is 9.01. The minimum atomic E-state index is -0.560. The number of ether oxygens (including phenoxy) is 3. The van der Waals surface area contributed by atoms with Gasteiger partial charge in [0.1, 0.15) is 35.7 Å². The van der Waals surface area contributed by atoms with Crippen molar-refractivity contribution in [2.24, 2.45) is 4.99 Å². The van der Waals surface area contributed by atoms with E-state index in [4.69, 9.17) is 30.8 Å². The van der Waals surface area contributed by atoms with Crippen molar-refractivity contribution in [1.82, 2.24) is 25.1 Å². The first-order valence-electron chi connectivity index (χ1n) is 17.4. The first kappa shape index (κ1) is 37.8. The number of thiophene rings is 1. The molecule has 4 heterocycles. The molecule has 0 saturated carbocycles. The van der Waals surface area contributed by atoms with E-state index >= 15 is 0 Å². The molecular formula is C40H43ClN6O5S. The molecule has 1 aliphatic rings. The van der Waals surface area contributed by atoms with Crippen molar-refractivity contribution < 1.29 is 23.8 Å². The van der Waals surface area contributed by atoms with Crippen LogP contribution in [0.2, 0.25) is 5.02 Å². The number of aromatic nitrogens is 4. The van der Waals surface area contributed by atoms with E-state index in [0.29, 0.717) is 16.7 Å². The number of amides is 1. The topological polar surface area (TPSA) is 130 Å². The SMILES string of the molecule is Cc1sc2c(c1C)C(c1ccc(Cl)cc1)=N[C@@H](CC(=O)N[C@H](C)c1ccc(-c3ccnc(OCCOCC(=O)OC(C)(C)C)c3)cc1)c1nnc(C)n1-2. The predicted molar refractivity (Wildman–Crippen MR) is 206 cm³/mol. The van der Waals surface area contributed by atoms with E-state index < -0.39 is 17.6 Å². The fourth-order valence-corrected chi connectivity index (χ4v) is 7.40. The summed E-state index contributed by atoms with van der Waals surface area (Å²) in [5, 5.41) is 13.7. The van der Waals surface area contributed by atoms with Gasteiger partial charge >= 0.3 is 5.97 Å². The second kappa shape index (κ2) is 16.0. The highest BCUT2D eigenvalue weighted by atomic mass is 35.5. The third-order valence-electron chi connectivity index (χ3n) is 8.71. The average molecular weight is 755 g/mol. The second-order valence-corrected chi connectivity index (χ2v) is 15.5. The summed E-state index contributed by atoms with van der Waals surface area (Å²) < 4.78 is 18.4. The Hall–Kier alpha value is -4.91. The van der Waals surface area contributed by atoms with Gasteiger partial charge < -0.3 is 19.5 Å². The number of fused-ring (bicyclic) bond motifs is 3. The second-order valence-electron chi connectivity index (χ2n) is 13.9. The van der Waals surface area contributed by atoms with Crippen LogP contribution in [0, 0.1) is 20.8 Å². The molecule has 0 aliphatic carbocycles. The molecule has 0 unspecified atom stereocenters. The largest absolute Gasteiger partial charge is 0.475 e. The Morgan fingerprint density at radius 1 is 0.962 bits per heavy atom. The van der Waals surface area contributed by atoms with Gasteiger partial charge in [0, 0.05) is 33.3 Å². The van der Waals surface area contributed by atoms with Gasteiger partial charge in [-0.2, -0.15) is 0 Å². The molecule has 0 spiro atoms. The predicted octanol–water partition coefficient (Wildman–Crippen LogP) is 7.87. The summed E-state index contributed by atoms with van der Waals surface area (Å²) in [5.74, 6) is 1.25. The van der Waals surface area contributed by atoms with E-state index in [2.05, 4.69) is 34.3 Å². The summed E-state index contributed by atoms with van der Waals surface area (Å²) in [7, 11) is 0. The summed E-state index contributed by atoms with van der Waals surface area (Å²) in [6.07, 6.45) is 1.78. The quantitative estimate of drug-likeness (QED) is 0.101. The number of pyridine rings is 1. The molecule has 13 heteroatoms. The Kier molecular flexibility index (Phi) is 11.4. The molecule has 53 heavy (non-hydrogen) atoms. The van der Waals surface area contributed by atoms with Gasteiger partial charge in [0.25, 0.3) is 0 Å². The highest BCUT2D eigenvalue weighted by molar-refractivity contribution is 7.15. The molecule has 3 aromatic heterocycles. The van der Waals surface area contributed by atoms with Gasteiger partial charge in [-0.15, -0.1) is 21.5 Å². The Labute approximate surface area is 318 Å². The summed E-state index contributed by atoms with van der Waals surface area (Å²) in [5.41, 5.74) is 6.17. The monoisotopic (exact) mass is 754 g/mol. The highest BCUT2D eigenvalue weighted by Gasteiger charge is 2.32. The van der Waals surface area contributed by atoms with Gasteiger partial charge in [-0.3, -0.25) is 14.4 Å². The lowest BCUT2D eigenvalue weighted by atomic mass is 9.99. The van der Waals surface area contributed by atoms with Crippen LogP contribution < -0.4 is 10.1 Å². The van der Waals surface area contributed by atoms with Crippen LogP contribution >= 0.6 is 22.9 Å².